The minimum absolute atomic E-state index is 0.170. The van der Waals surface area contributed by atoms with Crippen LogP contribution in [0.5, 0.6) is 0 Å². The maximum atomic E-state index is 11.4. The highest BCUT2D eigenvalue weighted by atomic mass is 32.2. The van der Waals surface area contributed by atoms with Gasteiger partial charge in [-0.3, -0.25) is 4.79 Å². The van der Waals surface area contributed by atoms with Gasteiger partial charge in [0, 0.05) is 11.9 Å². The molecule has 0 saturated heterocycles. The Balaban J connectivity index is 3.12. The molecule has 0 fully saturated rings. The number of amides is 1. The third kappa shape index (κ3) is 3.54. The zero-order valence-corrected chi connectivity index (χ0v) is 10.8. The van der Waals surface area contributed by atoms with E-state index in [0.717, 1.165) is 11.8 Å². The number of nitrogens with two attached hydrogens (primary N) is 1. The largest absolute Gasteiger partial charge is 0.324 e. The zero-order chi connectivity index (χ0) is 13.2. The van der Waals surface area contributed by atoms with Crippen molar-refractivity contribution in [1.82, 2.24) is 0 Å². The van der Waals surface area contributed by atoms with Crippen molar-refractivity contribution in [2.45, 2.75) is 24.8 Å². The van der Waals surface area contributed by atoms with E-state index in [1.807, 2.05) is 0 Å². The van der Waals surface area contributed by atoms with E-state index in [-0.39, 0.29) is 10.8 Å². The standard InChI is InChI=1S/C11H16N2O3S/c1-7-4-5-9(17(3,15)16)6-10(7)13-11(14)8(2)12/h4-6,8H,12H2,1-3H3,(H,13,14). The van der Waals surface area contributed by atoms with Gasteiger partial charge in [0.25, 0.3) is 0 Å². The lowest BCUT2D eigenvalue weighted by Gasteiger charge is -2.11. The van der Waals surface area contributed by atoms with Crippen LogP contribution in [0.15, 0.2) is 23.1 Å². The molecule has 0 spiro atoms. The average molecular weight is 256 g/mol. The van der Waals surface area contributed by atoms with Crippen molar-refractivity contribution in [1.29, 1.82) is 0 Å². The number of anilines is 1. The number of hydrogen-bond acceptors (Lipinski definition) is 4. The van der Waals surface area contributed by atoms with E-state index in [1.54, 1.807) is 19.9 Å². The second kappa shape index (κ2) is 4.85. The highest BCUT2D eigenvalue weighted by molar-refractivity contribution is 7.90. The molecule has 1 aromatic carbocycles. The van der Waals surface area contributed by atoms with Crippen molar-refractivity contribution in [3.8, 4) is 0 Å². The molecular weight excluding hydrogens is 240 g/mol. The van der Waals surface area contributed by atoms with Gasteiger partial charge in [-0.05, 0) is 31.5 Å². The molecule has 0 aromatic heterocycles. The van der Waals surface area contributed by atoms with Gasteiger partial charge in [0.2, 0.25) is 5.91 Å². The second-order valence-electron chi connectivity index (χ2n) is 4.03. The summed E-state index contributed by atoms with van der Waals surface area (Å²) in [5, 5.41) is 2.59. The van der Waals surface area contributed by atoms with Gasteiger partial charge in [-0.15, -0.1) is 0 Å². The van der Waals surface area contributed by atoms with Crippen molar-refractivity contribution in [3.05, 3.63) is 23.8 Å². The average Bonchev–Trinajstić information content (AvgIpc) is 2.19. The van der Waals surface area contributed by atoms with Crippen LogP contribution in [0.4, 0.5) is 5.69 Å². The molecule has 6 heteroatoms. The first-order chi connectivity index (χ1) is 7.71. The Labute approximate surface area is 101 Å². The molecule has 0 aliphatic rings. The maximum Gasteiger partial charge on any atom is 0.241 e. The molecule has 0 heterocycles. The van der Waals surface area contributed by atoms with Gasteiger partial charge in [-0.25, -0.2) is 8.42 Å². The maximum absolute atomic E-state index is 11.4. The van der Waals surface area contributed by atoms with Gasteiger partial charge in [0.05, 0.1) is 10.9 Å². The Morgan fingerprint density at radius 2 is 2.00 bits per heavy atom. The Hall–Kier alpha value is -1.40. The van der Waals surface area contributed by atoms with Gasteiger partial charge in [0.15, 0.2) is 9.84 Å². The van der Waals surface area contributed by atoms with Crippen molar-refractivity contribution in [3.63, 3.8) is 0 Å². The third-order valence-electron chi connectivity index (χ3n) is 2.31. The predicted molar refractivity (Wildman–Crippen MR) is 66.6 cm³/mol. The molecule has 0 aliphatic heterocycles. The van der Waals surface area contributed by atoms with E-state index >= 15 is 0 Å². The van der Waals surface area contributed by atoms with Crippen LogP contribution >= 0.6 is 0 Å². The minimum atomic E-state index is -3.28. The summed E-state index contributed by atoms with van der Waals surface area (Å²) in [6.45, 7) is 3.34. The normalized spacial score (nSPS) is 13.2. The number of benzene rings is 1. The van der Waals surface area contributed by atoms with Crippen LogP contribution in [-0.2, 0) is 14.6 Å². The van der Waals surface area contributed by atoms with Crippen LogP contribution in [0.3, 0.4) is 0 Å². The van der Waals surface area contributed by atoms with Crippen LogP contribution < -0.4 is 11.1 Å². The summed E-state index contributed by atoms with van der Waals surface area (Å²) in [5.74, 6) is -0.348. The molecule has 1 amide bonds. The van der Waals surface area contributed by atoms with E-state index in [0.29, 0.717) is 5.69 Å². The van der Waals surface area contributed by atoms with E-state index < -0.39 is 15.9 Å². The Bertz CT molecular complexity index is 536. The van der Waals surface area contributed by atoms with E-state index in [9.17, 15) is 13.2 Å². The summed E-state index contributed by atoms with van der Waals surface area (Å²) in [6, 6.07) is 3.95. The molecule has 94 valence electrons. The van der Waals surface area contributed by atoms with Crippen LogP contribution in [0.1, 0.15) is 12.5 Å². The first-order valence-electron chi connectivity index (χ1n) is 5.09. The number of rotatable bonds is 3. The zero-order valence-electron chi connectivity index (χ0n) is 10.0. The lowest BCUT2D eigenvalue weighted by molar-refractivity contribution is -0.117. The van der Waals surface area contributed by atoms with Crippen LogP contribution in [-0.4, -0.2) is 26.6 Å². The number of aryl methyl sites for hydroxylation is 1. The summed E-state index contributed by atoms with van der Waals surface area (Å²) in [7, 11) is -3.28. The molecule has 0 aliphatic carbocycles. The van der Waals surface area contributed by atoms with Crippen molar-refractivity contribution in [2.75, 3.05) is 11.6 Å². The third-order valence-corrected chi connectivity index (χ3v) is 3.42. The number of carbonyl (C=O) groups is 1. The van der Waals surface area contributed by atoms with Gasteiger partial charge in [-0.2, -0.15) is 0 Å². The molecule has 0 saturated carbocycles. The van der Waals surface area contributed by atoms with Crippen LogP contribution in [0.25, 0.3) is 0 Å². The predicted octanol–water partition coefficient (Wildman–Crippen LogP) is 0.684. The van der Waals surface area contributed by atoms with Gasteiger partial charge < -0.3 is 11.1 Å². The van der Waals surface area contributed by atoms with E-state index in [2.05, 4.69) is 5.32 Å². The molecule has 17 heavy (non-hydrogen) atoms. The van der Waals surface area contributed by atoms with Crippen molar-refractivity contribution in [2.24, 2.45) is 5.73 Å². The fourth-order valence-corrected chi connectivity index (χ4v) is 1.86. The first-order valence-corrected chi connectivity index (χ1v) is 6.98. The Kier molecular flexibility index (Phi) is 3.90. The second-order valence-corrected chi connectivity index (χ2v) is 6.04. The molecule has 1 atom stereocenters. The summed E-state index contributed by atoms with van der Waals surface area (Å²) in [5.41, 5.74) is 6.68. The lowest BCUT2D eigenvalue weighted by atomic mass is 10.2. The van der Waals surface area contributed by atoms with E-state index in [1.165, 1.54) is 12.1 Å². The first kappa shape index (κ1) is 13.7. The number of carbonyl (C=O) groups excluding carboxylic acids is 1. The van der Waals surface area contributed by atoms with Crippen molar-refractivity contribution < 1.29 is 13.2 Å². The van der Waals surface area contributed by atoms with Crippen LogP contribution in [0, 0.1) is 6.92 Å². The highest BCUT2D eigenvalue weighted by Gasteiger charge is 2.12. The van der Waals surface area contributed by atoms with Gasteiger partial charge in [0.1, 0.15) is 0 Å². The van der Waals surface area contributed by atoms with Gasteiger partial charge >= 0.3 is 0 Å². The molecule has 3 N–H and O–H groups in total. The fraction of sp³-hybridized carbons (Fsp3) is 0.364. The lowest BCUT2D eigenvalue weighted by Crippen LogP contribution is -2.32. The molecular formula is C11H16N2O3S. The summed E-state index contributed by atoms with van der Waals surface area (Å²) in [6.07, 6.45) is 1.12. The van der Waals surface area contributed by atoms with Crippen LogP contribution in [0.2, 0.25) is 0 Å². The summed E-state index contributed by atoms with van der Waals surface area (Å²) >= 11 is 0. The monoisotopic (exact) mass is 256 g/mol. The SMILES string of the molecule is Cc1ccc(S(C)(=O)=O)cc1NC(=O)C(C)N. The highest BCUT2D eigenvalue weighted by Crippen LogP contribution is 2.20. The Morgan fingerprint density at radius 1 is 1.41 bits per heavy atom. The topological polar surface area (TPSA) is 89.3 Å². The van der Waals surface area contributed by atoms with Gasteiger partial charge in [-0.1, -0.05) is 6.07 Å². The molecule has 1 unspecified atom stereocenters. The Morgan fingerprint density at radius 3 is 2.47 bits per heavy atom. The number of nitrogens with one attached hydrogen (secondary N) is 1. The number of sulfone groups is 1. The van der Waals surface area contributed by atoms with Crippen molar-refractivity contribution >= 4 is 21.4 Å². The fourth-order valence-electron chi connectivity index (χ4n) is 1.21. The minimum Gasteiger partial charge on any atom is -0.324 e. The molecule has 0 bridgehead atoms. The summed E-state index contributed by atoms with van der Waals surface area (Å²) < 4.78 is 22.8. The quantitative estimate of drug-likeness (QED) is 0.832. The molecule has 0 radical (unpaired) electrons. The summed E-state index contributed by atoms with van der Waals surface area (Å²) in [4.78, 5) is 11.6. The smallest absolute Gasteiger partial charge is 0.241 e. The molecule has 5 nitrogen and oxygen atoms in total. The molecule has 1 aromatic rings. The number of hydrogen-bond donors (Lipinski definition) is 2. The van der Waals surface area contributed by atoms with E-state index in [4.69, 9.17) is 5.73 Å². The molecule has 1 rings (SSSR count).